The van der Waals surface area contributed by atoms with Crippen LogP contribution in [0.2, 0.25) is 0 Å². The number of nitrogens with zero attached hydrogens (tertiary/aromatic N) is 3. The number of carbonyl (C=O) groups excluding carboxylic acids is 1. The van der Waals surface area contributed by atoms with Gasteiger partial charge < -0.3 is 39.5 Å². The number of aryl methyl sites for hydroxylation is 1. The number of carbonyl (C=O) groups is 1. The van der Waals surface area contributed by atoms with Crippen molar-refractivity contribution < 1.29 is 30.0 Å². The Labute approximate surface area is 215 Å². The summed E-state index contributed by atoms with van der Waals surface area (Å²) in [5.74, 6) is 5.91. The van der Waals surface area contributed by atoms with Crippen LogP contribution in [0.1, 0.15) is 11.1 Å². The van der Waals surface area contributed by atoms with Crippen molar-refractivity contribution in [2.45, 2.75) is 44.0 Å². The van der Waals surface area contributed by atoms with Crippen LogP contribution in [0.4, 0.5) is 0 Å². The van der Waals surface area contributed by atoms with Crippen LogP contribution in [0.3, 0.4) is 0 Å². The number of ether oxygens (including phenoxy) is 1. The lowest BCUT2D eigenvalue weighted by Crippen LogP contribution is -2.58. The van der Waals surface area contributed by atoms with Gasteiger partial charge in [0.15, 0.2) is 0 Å². The number of aliphatic hydroxyl groups is 4. The van der Waals surface area contributed by atoms with Crippen molar-refractivity contribution >= 4 is 27.7 Å². The largest absolute Gasteiger partial charge is 0.394 e. The van der Waals surface area contributed by atoms with Crippen LogP contribution in [0.15, 0.2) is 36.4 Å². The topological polar surface area (TPSA) is 119 Å². The molecule has 5 atom stereocenters. The van der Waals surface area contributed by atoms with E-state index in [2.05, 4.69) is 42.0 Å². The number of hydrogen-bond acceptors (Lipinski definition) is 7. The minimum atomic E-state index is -1.47. The molecule has 0 unspecified atom stereocenters. The van der Waals surface area contributed by atoms with E-state index in [-0.39, 0.29) is 12.5 Å². The molecule has 9 heteroatoms. The summed E-state index contributed by atoms with van der Waals surface area (Å²) in [6.07, 6.45) is -6.39. The van der Waals surface area contributed by atoms with Gasteiger partial charge in [0, 0.05) is 48.0 Å². The molecule has 196 valence electrons. The Kier molecular flexibility index (Phi) is 7.23. The third-order valence-corrected chi connectivity index (χ3v) is 7.42. The van der Waals surface area contributed by atoms with E-state index in [0.29, 0.717) is 18.7 Å². The quantitative estimate of drug-likeness (QED) is 0.371. The summed E-state index contributed by atoms with van der Waals surface area (Å²) in [5.41, 5.74) is 3.61. The van der Waals surface area contributed by atoms with Gasteiger partial charge in [0.05, 0.1) is 12.1 Å². The smallest absolute Gasteiger partial charge is 0.242 e. The molecule has 0 spiro atoms. The molecule has 2 aliphatic rings. The van der Waals surface area contributed by atoms with Crippen molar-refractivity contribution in [3.63, 3.8) is 0 Å². The SMILES string of the molecule is Cc1ccc2c3ccc(C#C[C@H]4O[C@H](CO)[C@@H](O)[C@H](O)[C@@H]4O)cc3n(CC(=O)N3CCN(C)CC3)c2c1. The number of rotatable bonds is 3. The zero-order valence-electron chi connectivity index (χ0n) is 21.0. The molecule has 2 aromatic carbocycles. The van der Waals surface area contributed by atoms with Gasteiger partial charge >= 0.3 is 0 Å². The Morgan fingerprint density at radius 1 is 0.973 bits per heavy atom. The maximum atomic E-state index is 13.3. The third-order valence-electron chi connectivity index (χ3n) is 7.42. The lowest BCUT2D eigenvalue weighted by molar-refractivity contribution is -0.214. The fourth-order valence-electron chi connectivity index (χ4n) is 5.12. The molecule has 2 saturated heterocycles. The molecular weight excluding hydrogens is 474 g/mol. The molecule has 5 rings (SSSR count). The van der Waals surface area contributed by atoms with E-state index < -0.39 is 37.1 Å². The van der Waals surface area contributed by atoms with E-state index in [1.165, 1.54) is 0 Å². The summed E-state index contributed by atoms with van der Waals surface area (Å²) in [7, 11) is 2.06. The highest BCUT2D eigenvalue weighted by Gasteiger charge is 2.42. The number of piperazine rings is 1. The van der Waals surface area contributed by atoms with Gasteiger partial charge in [-0.05, 0) is 37.7 Å². The van der Waals surface area contributed by atoms with Crippen molar-refractivity contribution in [3.8, 4) is 11.8 Å². The highest BCUT2D eigenvalue weighted by atomic mass is 16.5. The van der Waals surface area contributed by atoms with Crippen LogP contribution in [-0.2, 0) is 16.1 Å². The van der Waals surface area contributed by atoms with Gasteiger partial charge in [-0.3, -0.25) is 4.79 Å². The Balaban J connectivity index is 1.49. The fourth-order valence-corrected chi connectivity index (χ4v) is 5.12. The molecule has 3 aromatic rings. The second-order valence-corrected chi connectivity index (χ2v) is 10.0. The molecule has 1 amide bonds. The molecule has 9 nitrogen and oxygen atoms in total. The Hall–Kier alpha value is -2.97. The van der Waals surface area contributed by atoms with Crippen LogP contribution in [-0.4, -0.2) is 111 Å². The Morgan fingerprint density at radius 3 is 2.35 bits per heavy atom. The summed E-state index contributed by atoms with van der Waals surface area (Å²) in [6.45, 7) is 4.88. The highest BCUT2D eigenvalue weighted by Crippen LogP contribution is 2.31. The molecule has 0 bridgehead atoms. The number of likely N-dealkylation sites (N-methyl/N-ethyl adjacent to an activating group) is 1. The molecule has 1 aromatic heterocycles. The first-order valence-electron chi connectivity index (χ1n) is 12.6. The monoisotopic (exact) mass is 507 g/mol. The molecular formula is C28H33N3O6. The summed E-state index contributed by atoms with van der Waals surface area (Å²) < 4.78 is 7.55. The molecule has 0 saturated carbocycles. The molecule has 3 heterocycles. The zero-order chi connectivity index (χ0) is 26.3. The average Bonchev–Trinajstić information content (AvgIpc) is 3.19. The maximum Gasteiger partial charge on any atom is 0.242 e. The lowest BCUT2D eigenvalue weighted by Gasteiger charge is -2.37. The third kappa shape index (κ3) is 4.97. The molecule has 0 aliphatic carbocycles. The van der Waals surface area contributed by atoms with E-state index in [0.717, 1.165) is 40.5 Å². The summed E-state index contributed by atoms with van der Waals surface area (Å²) >= 11 is 0. The van der Waals surface area contributed by atoms with Gasteiger partial charge in [-0.1, -0.05) is 30.0 Å². The van der Waals surface area contributed by atoms with Gasteiger partial charge in [-0.2, -0.15) is 0 Å². The van der Waals surface area contributed by atoms with Gasteiger partial charge in [0.1, 0.15) is 37.1 Å². The average molecular weight is 508 g/mol. The summed E-state index contributed by atoms with van der Waals surface area (Å²) in [5, 5.41) is 41.8. The number of fused-ring (bicyclic) bond motifs is 3. The van der Waals surface area contributed by atoms with Gasteiger partial charge in [0.25, 0.3) is 0 Å². The molecule has 4 N–H and O–H groups in total. The normalized spacial score (nSPS) is 26.9. The highest BCUT2D eigenvalue weighted by molar-refractivity contribution is 6.09. The predicted octanol–water partition coefficient (Wildman–Crippen LogP) is 0.0708. The second kappa shape index (κ2) is 10.4. The summed E-state index contributed by atoms with van der Waals surface area (Å²) in [4.78, 5) is 17.4. The van der Waals surface area contributed by atoms with E-state index >= 15 is 0 Å². The predicted molar refractivity (Wildman–Crippen MR) is 139 cm³/mol. The lowest BCUT2D eigenvalue weighted by atomic mass is 9.95. The van der Waals surface area contributed by atoms with Crippen molar-refractivity contribution in [2.24, 2.45) is 0 Å². The molecule has 2 aliphatic heterocycles. The fraction of sp³-hybridized carbons (Fsp3) is 0.464. The van der Waals surface area contributed by atoms with Crippen molar-refractivity contribution in [1.82, 2.24) is 14.4 Å². The van der Waals surface area contributed by atoms with Crippen LogP contribution in [0.5, 0.6) is 0 Å². The second-order valence-electron chi connectivity index (χ2n) is 10.0. The zero-order valence-corrected chi connectivity index (χ0v) is 21.0. The maximum absolute atomic E-state index is 13.3. The Morgan fingerprint density at radius 2 is 1.65 bits per heavy atom. The first kappa shape index (κ1) is 25.7. The van der Waals surface area contributed by atoms with Gasteiger partial charge in [-0.25, -0.2) is 0 Å². The number of aromatic nitrogens is 1. The van der Waals surface area contributed by atoms with Crippen molar-refractivity contribution in [1.29, 1.82) is 0 Å². The Bertz CT molecular complexity index is 1360. The minimum absolute atomic E-state index is 0.0752. The van der Waals surface area contributed by atoms with E-state index in [1.807, 2.05) is 34.6 Å². The molecule has 37 heavy (non-hydrogen) atoms. The van der Waals surface area contributed by atoms with Gasteiger partial charge in [-0.15, -0.1) is 0 Å². The minimum Gasteiger partial charge on any atom is -0.394 e. The molecule has 2 fully saturated rings. The van der Waals surface area contributed by atoms with Crippen molar-refractivity contribution in [3.05, 3.63) is 47.5 Å². The van der Waals surface area contributed by atoms with E-state index in [4.69, 9.17) is 4.74 Å². The van der Waals surface area contributed by atoms with E-state index in [9.17, 15) is 25.2 Å². The number of hydrogen-bond donors (Lipinski definition) is 4. The van der Waals surface area contributed by atoms with Crippen LogP contribution >= 0.6 is 0 Å². The number of aliphatic hydroxyl groups excluding tert-OH is 4. The van der Waals surface area contributed by atoms with Crippen LogP contribution in [0.25, 0.3) is 21.8 Å². The van der Waals surface area contributed by atoms with E-state index in [1.54, 1.807) is 0 Å². The first-order valence-corrected chi connectivity index (χ1v) is 12.6. The number of amides is 1. The molecule has 0 radical (unpaired) electrons. The van der Waals surface area contributed by atoms with Crippen LogP contribution in [0, 0.1) is 18.8 Å². The summed E-state index contributed by atoms with van der Waals surface area (Å²) in [6, 6.07) is 12.0. The van der Waals surface area contributed by atoms with Gasteiger partial charge in [0.2, 0.25) is 5.91 Å². The standard InChI is InChI=1S/C28H33N3O6/c1-17-3-6-19-20-7-4-18(5-8-23-26(34)28(36)27(35)24(16-32)37-23)14-22(20)31(21(19)13-17)15-25(33)30-11-9-29(2)10-12-30/h3-4,6-7,13-14,23-24,26-28,32,34-36H,9-12,15-16H2,1-2H3/t23-,24-,26-,27-,28-/m1/s1. The van der Waals surface area contributed by atoms with Crippen molar-refractivity contribution in [2.75, 3.05) is 39.8 Å². The first-order chi connectivity index (χ1) is 17.8. The van der Waals surface area contributed by atoms with Crippen LogP contribution < -0.4 is 0 Å². The number of benzene rings is 2.